The van der Waals surface area contributed by atoms with Gasteiger partial charge in [-0.25, -0.2) is 0 Å². The van der Waals surface area contributed by atoms with Gasteiger partial charge in [0.05, 0.1) is 17.7 Å². The summed E-state index contributed by atoms with van der Waals surface area (Å²) in [6.45, 7) is 2.64. The molecule has 1 amide bonds. The second-order valence-electron chi connectivity index (χ2n) is 3.46. The van der Waals surface area contributed by atoms with Crippen LogP contribution in [-0.4, -0.2) is 33.8 Å². The van der Waals surface area contributed by atoms with Gasteiger partial charge in [-0.2, -0.15) is 0 Å². The fourth-order valence-corrected chi connectivity index (χ4v) is 1.41. The summed E-state index contributed by atoms with van der Waals surface area (Å²) >= 11 is 0. The molecule has 0 bridgehead atoms. The highest BCUT2D eigenvalue weighted by molar-refractivity contribution is 5.93. The summed E-state index contributed by atoms with van der Waals surface area (Å²) in [6, 6.07) is 1.21. The second kappa shape index (κ2) is 5.70. The van der Waals surface area contributed by atoms with Crippen LogP contribution in [0.25, 0.3) is 0 Å². The summed E-state index contributed by atoms with van der Waals surface area (Å²) in [4.78, 5) is 25.9. The molecule has 0 aliphatic carbocycles. The van der Waals surface area contributed by atoms with Crippen molar-refractivity contribution in [3.63, 3.8) is 0 Å². The van der Waals surface area contributed by atoms with Gasteiger partial charge in [0, 0.05) is 12.6 Å². The molecule has 0 aliphatic heterocycles. The third kappa shape index (κ3) is 3.08. The lowest BCUT2D eigenvalue weighted by molar-refractivity contribution is -0.384. The van der Waals surface area contributed by atoms with Crippen molar-refractivity contribution in [2.45, 2.75) is 13.3 Å². The van der Waals surface area contributed by atoms with Crippen LogP contribution in [0.4, 0.5) is 5.69 Å². The predicted octanol–water partition coefficient (Wildman–Crippen LogP) is 1.41. The van der Waals surface area contributed by atoms with Gasteiger partial charge in [0.1, 0.15) is 5.69 Å². The molecule has 1 N–H and O–H groups in total. The van der Waals surface area contributed by atoms with Crippen LogP contribution < -0.4 is 0 Å². The van der Waals surface area contributed by atoms with Gasteiger partial charge in [0.25, 0.3) is 11.6 Å². The number of aromatic nitrogens is 1. The van der Waals surface area contributed by atoms with Crippen molar-refractivity contribution >= 4 is 11.6 Å². The Morgan fingerprint density at radius 1 is 1.71 bits per heavy atom. The van der Waals surface area contributed by atoms with E-state index in [-0.39, 0.29) is 23.8 Å². The molecule has 0 aliphatic rings. The molecule has 0 fully saturated rings. The summed E-state index contributed by atoms with van der Waals surface area (Å²) in [5.41, 5.74) is 0.0471. The normalized spacial score (nSPS) is 9.65. The van der Waals surface area contributed by atoms with Gasteiger partial charge in [-0.1, -0.05) is 12.8 Å². The number of rotatable bonds is 5. The maximum absolute atomic E-state index is 11.9. The molecule has 1 aromatic rings. The van der Waals surface area contributed by atoms with Crippen molar-refractivity contribution in [1.82, 2.24) is 9.88 Å². The molecule has 0 atom stereocenters. The Hall–Kier alpha value is -2.29. The number of amides is 1. The van der Waals surface area contributed by atoms with E-state index in [1.165, 1.54) is 17.2 Å². The summed E-state index contributed by atoms with van der Waals surface area (Å²) in [7, 11) is 0. The molecule has 17 heavy (non-hydrogen) atoms. The SMILES string of the molecule is C#CCN(CCC)C(=O)c1cc([N+](=O)[O-])c[nH]1. The Labute approximate surface area is 98.8 Å². The molecule has 0 spiro atoms. The lowest BCUT2D eigenvalue weighted by atomic mass is 10.3. The van der Waals surface area contributed by atoms with E-state index in [0.717, 1.165) is 6.42 Å². The highest BCUT2D eigenvalue weighted by Gasteiger charge is 2.18. The third-order valence-electron chi connectivity index (χ3n) is 2.17. The molecular weight excluding hydrogens is 222 g/mol. The van der Waals surface area contributed by atoms with Crippen LogP contribution in [0.1, 0.15) is 23.8 Å². The number of H-pyrrole nitrogens is 1. The molecule has 1 rings (SSSR count). The van der Waals surface area contributed by atoms with Gasteiger partial charge in [-0.05, 0) is 6.42 Å². The van der Waals surface area contributed by atoms with E-state index >= 15 is 0 Å². The number of hydrogen-bond donors (Lipinski definition) is 1. The van der Waals surface area contributed by atoms with Gasteiger partial charge in [0.15, 0.2) is 0 Å². The fraction of sp³-hybridized carbons (Fsp3) is 0.364. The minimum atomic E-state index is -0.557. The largest absolute Gasteiger partial charge is 0.351 e. The molecule has 1 aromatic heterocycles. The van der Waals surface area contributed by atoms with Crippen LogP contribution in [0, 0.1) is 22.5 Å². The van der Waals surface area contributed by atoms with Crippen molar-refractivity contribution < 1.29 is 9.72 Å². The predicted molar refractivity (Wildman–Crippen MR) is 62.5 cm³/mol. The van der Waals surface area contributed by atoms with Crippen LogP contribution >= 0.6 is 0 Å². The van der Waals surface area contributed by atoms with Gasteiger partial charge >= 0.3 is 0 Å². The minimum Gasteiger partial charge on any atom is -0.351 e. The molecule has 0 saturated carbocycles. The lowest BCUT2D eigenvalue weighted by Crippen LogP contribution is -2.32. The monoisotopic (exact) mass is 235 g/mol. The topological polar surface area (TPSA) is 79.2 Å². The average molecular weight is 235 g/mol. The van der Waals surface area contributed by atoms with E-state index in [2.05, 4.69) is 10.9 Å². The standard InChI is InChI=1S/C11H13N3O3/c1-3-5-13(6-4-2)11(15)10-7-9(8-12-10)14(16)17/h1,7-8,12H,4-6H2,2H3. The summed E-state index contributed by atoms with van der Waals surface area (Å²) < 4.78 is 0. The zero-order chi connectivity index (χ0) is 12.8. The molecule has 1 heterocycles. The minimum absolute atomic E-state index is 0.134. The number of hydrogen-bond acceptors (Lipinski definition) is 3. The number of carbonyl (C=O) groups excluding carboxylic acids is 1. The van der Waals surface area contributed by atoms with Crippen molar-refractivity contribution in [2.75, 3.05) is 13.1 Å². The fourth-order valence-electron chi connectivity index (χ4n) is 1.41. The Bertz CT molecular complexity index is 459. The summed E-state index contributed by atoms with van der Waals surface area (Å²) in [6.07, 6.45) is 7.13. The van der Waals surface area contributed by atoms with Crippen LogP contribution in [0.5, 0.6) is 0 Å². The first-order valence-electron chi connectivity index (χ1n) is 5.15. The van der Waals surface area contributed by atoms with Crippen molar-refractivity contribution in [2.24, 2.45) is 0 Å². The quantitative estimate of drug-likeness (QED) is 0.476. The van der Waals surface area contributed by atoms with Gasteiger partial charge in [0.2, 0.25) is 0 Å². The Balaban J connectivity index is 2.85. The zero-order valence-electron chi connectivity index (χ0n) is 9.47. The molecule has 6 heteroatoms. The first kappa shape index (κ1) is 12.8. The van der Waals surface area contributed by atoms with Crippen LogP contribution in [-0.2, 0) is 0 Å². The molecule has 6 nitrogen and oxygen atoms in total. The Morgan fingerprint density at radius 2 is 2.41 bits per heavy atom. The Morgan fingerprint density at radius 3 is 2.88 bits per heavy atom. The summed E-state index contributed by atoms with van der Waals surface area (Å²) in [5.74, 6) is 2.07. The molecule has 0 aromatic carbocycles. The number of carbonyl (C=O) groups is 1. The second-order valence-corrected chi connectivity index (χ2v) is 3.46. The van der Waals surface area contributed by atoms with E-state index in [1.54, 1.807) is 0 Å². The summed E-state index contributed by atoms with van der Waals surface area (Å²) in [5, 5.41) is 10.5. The van der Waals surface area contributed by atoms with Crippen LogP contribution in [0.2, 0.25) is 0 Å². The van der Waals surface area contributed by atoms with Crippen LogP contribution in [0.3, 0.4) is 0 Å². The average Bonchev–Trinajstić information content (AvgIpc) is 2.77. The maximum atomic E-state index is 11.9. The van der Waals surface area contributed by atoms with Crippen molar-refractivity contribution in [1.29, 1.82) is 0 Å². The van der Waals surface area contributed by atoms with Crippen LogP contribution in [0.15, 0.2) is 12.3 Å². The number of aromatic amines is 1. The number of nitrogens with one attached hydrogen (secondary N) is 1. The van der Waals surface area contributed by atoms with Crippen molar-refractivity contribution in [3.05, 3.63) is 28.1 Å². The maximum Gasteiger partial charge on any atom is 0.287 e. The smallest absolute Gasteiger partial charge is 0.287 e. The molecule has 0 unspecified atom stereocenters. The van der Waals surface area contributed by atoms with Gasteiger partial charge in [-0.3, -0.25) is 14.9 Å². The van der Waals surface area contributed by atoms with E-state index in [0.29, 0.717) is 6.54 Å². The molecular formula is C11H13N3O3. The first-order chi connectivity index (χ1) is 8.10. The van der Waals surface area contributed by atoms with Gasteiger partial charge in [-0.15, -0.1) is 6.42 Å². The van der Waals surface area contributed by atoms with Gasteiger partial charge < -0.3 is 9.88 Å². The van der Waals surface area contributed by atoms with Crippen molar-refractivity contribution in [3.8, 4) is 12.3 Å². The zero-order valence-corrected chi connectivity index (χ0v) is 9.47. The number of terminal acetylenes is 1. The molecule has 0 radical (unpaired) electrons. The van der Waals surface area contributed by atoms with E-state index in [4.69, 9.17) is 6.42 Å². The highest BCUT2D eigenvalue weighted by atomic mass is 16.6. The van der Waals surface area contributed by atoms with E-state index in [9.17, 15) is 14.9 Å². The first-order valence-corrected chi connectivity index (χ1v) is 5.15. The number of nitrogens with zero attached hydrogens (tertiary/aromatic N) is 2. The lowest BCUT2D eigenvalue weighted by Gasteiger charge is -2.18. The third-order valence-corrected chi connectivity index (χ3v) is 2.17. The highest BCUT2D eigenvalue weighted by Crippen LogP contribution is 2.13. The molecule has 90 valence electrons. The van der Waals surface area contributed by atoms with E-state index in [1.807, 2.05) is 6.92 Å². The van der Waals surface area contributed by atoms with E-state index < -0.39 is 4.92 Å². The Kier molecular flexibility index (Phi) is 4.29. The molecule has 0 saturated heterocycles. The number of nitro groups is 1.